The summed E-state index contributed by atoms with van der Waals surface area (Å²) in [6.07, 6.45) is 2.67. The number of nitrogens with zero attached hydrogens (tertiary/aromatic N) is 1. The summed E-state index contributed by atoms with van der Waals surface area (Å²) < 4.78 is 5.18. The number of carbonyl (C=O) groups excluding carboxylic acids is 2. The van der Waals surface area contributed by atoms with E-state index in [-0.39, 0.29) is 11.8 Å². The van der Waals surface area contributed by atoms with Crippen molar-refractivity contribution in [2.75, 3.05) is 25.5 Å². The minimum absolute atomic E-state index is 0.0621. The average Bonchev–Trinajstić information content (AvgIpc) is 2.79. The number of benzene rings is 2. The molecule has 0 aromatic heterocycles. The van der Waals surface area contributed by atoms with Gasteiger partial charge in [-0.15, -0.1) is 0 Å². The highest BCUT2D eigenvalue weighted by molar-refractivity contribution is 6.01. The second-order valence-electron chi connectivity index (χ2n) is 8.10. The fraction of sp³-hybridized carbons (Fsp3) is 0.440. The van der Waals surface area contributed by atoms with Crippen LogP contribution in [-0.4, -0.2) is 48.4 Å². The normalized spacial score (nSPS) is 17.2. The van der Waals surface area contributed by atoms with Crippen LogP contribution in [0, 0.1) is 0 Å². The van der Waals surface area contributed by atoms with Crippen LogP contribution in [0.3, 0.4) is 0 Å². The second-order valence-corrected chi connectivity index (χ2v) is 8.10. The maximum Gasteiger partial charge on any atom is 0.331 e. The van der Waals surface area contributed by atoms with Crippen LogP contribution in [0.5, 0.6) is 0 Å². The Hall–Kier alpha value is -2.66. The van der Waals surface area contributed by atoms with E-state index in [0.717, 1.165) is 19.5 Å². The van der Waals surface area contributed by atoms with E-state index in [0.29, 0.717) is 36.6 Å². The lowest BCUT2D eigenvalue weighted by Crippen LogP contribution is -2.56. The van der Waals surface area contributed by atoms with Gasteiger partial charge in [-0.25, -0.2) is 4.79 Å². The molecule has 0 bridgehead atoms. The van der Waals surface area contributed by atoms with E-state index in [1.54, 1.807) is 0 Å². The van der Waals surface area contributed by atoms with Crippen molar-refractivity contribution in [1.29, 1.82) is 0 Å². The fourth-order valence-electron chi connectivity index (χ4n) is 4.29. The van der Waals surface area contributed by atoms with Gasteiger partial charge >= 0.3 is 5.97 Å². The van der Waals surface area contributed by atoms with Gasteiger partial charge in [-0.2, -0.15) is 0 Å². The van der Waals surface area contributed by atoms with Gasteiger partial charge in [0.05, 0.1) is 7.11 Å². The molecule has 2 aromatic rings. The molecule has 1 atom stereocenters. The summed E-state index contributed by atoms with van der Waals surface area (Å²) in [5.41, 5.74) is 1.84. The van der Waals surface area contributed by atoms with Crippen molar-refractivity contribution in [2.45, 2.75) is 51.1 Å². The maximum absolute atomic E-state index is 12.8. The van der Waals surface area contributed by atoms with Crippen molar-refractivity contribution in [2.24, 2.45) is 0 Å². The monoisotopic (exact) mass is 408 g/mol. The van der Waals surface area contributed by atoms with E-state index in [4.69, 9.17) is 4.74 Å². The van der Waals surface area contributed by atoms with Gasteiger partial charge in [-0.3, -0.25) is 4.79 Å². The first kappa shape index (κ1) is 22.0. The number of rotatable bonds is 8. The Labute approximate surface area is 179 Å². The number of carbonyl (C=O) groups is 2. The predicted octanol–water partition coefficient (Wildman–Crippen LogP) is 4.33. The summed E-state index contributed by atoms with van der Waals surface area (Å²) in [5.74, 6) is -0.205. The number of hydrogen-bond acceptors (Lipinski definition) is 5. The van der Waals surface area contributed by atoms with E-state index < -0.39 is 5.54 Å². The molecule has 0 spiro atoms. The summed E-state index contributed by atoms with van der Waals surface area (Å²) in [4.78, 5) is 27.6. The number of methoxy groups -OCH3 is 1. The van der Waals surface area contributed by atoms with Gasteiger partial charge in [0.2, 0.25) is 0 Å². The molecule has 0 amide bonds. The standard InChI is InChI=1S/C25H32N2O3/c1-4-23(28)21-12-8-9-13-22(21)26-25(24(29)30-3)14-16-27(17-15-25)19(2)18-20-10-6-5-7-11-20/h5-13,19,26H,4,14-18H2,1-3H3. The first-order valence-corrected chi connectivity index (χ1v) is 10.8. The Morgan fingerprint density at radius 3 is 2.33 bits per heavy atom. The number of likely N-dealkylation sites (tertiary alicyclic amines) is 1. The quantitative estimate of drug-likeness (QED) is 0.520. The van der Waals surface area contributed by atoms with Gasteiger partial charge in [0.1, 0.15) is 5.54 Å². The lowest BCUT2D eigenvalue weighted by Gasteiger charge is -2.43. The van der Waals surface area contributed by atoms with Gasteiger partial charge < -0.3 is 15.0 Å². The molecule has 1 saturated heterocycles. The largest absolute Gasteiger partial charge is 0.467 e. The number of ether oxygens (including phenoxy) is 1. The predicted molar refractivity (Wildman–Crippen MR) is 120 cm³/mol. The topological polar surface area (TPSA) is 58.6 Å². The average molecular weight is 409 g/mol. The van der Waals surface area contributed by atoms with Crippen LogP contribution in [0.2, 0.25) is 0 Å². The molecule has 0 aliphatic carbocycles. The number of Topliss-reactive ketones (excluding diaryl/α,β-unsaturated/α-hetero) is 1. The maximum atomic E-state index is 12.8. The first-order valence-electron chi connectivity index (χ1n) is 10.8. The molecule has 3 rings (SSSR count). The Morgan fingerprint density at radius 2 is 1.70 bits per heavy atom. The number of ketones is 1. The van der Waals surface area contributed by atoms with Crippen LogP contribution >= 0.6 is 0 Å². The molecule has 0 radical (unpaired) electrons. The summed E-state index contributed by atoms with van der Waals surface area (Å²) in [6, 6.07) is 18.3. The Kier molecular flexibility index (Phi) is 7.27. The highest BCUT2D eigenvalue weighted by Gasteiger charge is 2.43. The molecule has 1 fully saturated rings. The molecule has 5 nitrogen and oxygen atoms in total. The smallest absolute Gasteiger partial charge is 0.331 e. The van der Waals surface area contributed by atoms with Crippen molar-refractivity contribution in [3.8, 4) is 0 Å². The van der Waals surface area contributed by atoms with E-state index in [2.05, 4.69) is 41.4 Å². The molecule has 1 N–H and O–H groups in total. The van der Waals surface area contributed by atoms with E-state index >= 15 is 0 Å². The molecule has 160 valence electrons. The van der Waals surface area contributed by atoms with Gasteiger partial charge in [-0.1, -0.05) is 49.4 Å². The molecule has 1 aliphatic heterocycles. The van der Waals surface area contributed by atoms with Crippen LogP contribution in [-0.2, 0) is 16.0 Å². The lowest BCUT2D eigenvalue weighted by molar-refractivity contribution is -0.148. The van der Waals surface area contributed by atoms with E-state index in [1.807, 2.05) is 37.3 Å². The second kappa shape index (κ2) is 9.90. The van der Waals surface area contributed by atoms with Crippen LogP contribution < -0.4 is 5.32 Å². The minimum Gasteiger partial charge on any atom is -0.467 e. The molecule has 30 heavy (non-hydrogen) atoms. The van der Waals surface area contributed by atoms with Crippen LogP contribution in [0.15, 0.2) is 54.6 Å². The van der Waals surface area contributed by atoms with Crippen molar-refractivity contribution >= 4 is 17.4 Å². The number of esters is 1. The van der Waals surface area contributed by atoms with Gasteiger partial charge in [0.25, 0.3) is 0 Å². The summed E-state index contributed by atoms with van der Waals surface area (Å²) in [5, 5.41) is 3.42. The fourth-order valence-corrected chi connectivity index (χ4v) is 4.29. The zero-order chi connectivity index (χ0) is 21.6. The van der Waals surface area contributed by atoms with Gasteiger partial charge in [0, 0.05) is 36.8 Å². The molecule has 1 aliphatic rings. The molecule has 2 aromatic carbocycles. The third kappa shape index (κ3) is 4.90. The van der Waals surface area contributed by atoms with Crippen LogP contribution in [0.4, 0.5) is 5.69 Å². The van der Waals surface area contributed by atoms with Crippen LogP contribution in [0.25, 0.3) is 0 Å². The number of hydrogen-bond donors (Lipinski definition) is 1. The number of nitrogens with one attached hydrogen (secondary N) is 1. The van der Waals surface area contributed by atoms with Gasteiger partial charge in [0.15, 0.2) is 5.78 Å². The molecular weight excluding hydrogens is 376 g/mol. The minimum atomic E-state index is -0.818. The Bertz CT molecular complexity index is 858. The zero-order valence-electron chi connectivity index (χ0n) is 18.2. The third-order valence-corrected chi connectivity index (χ3v) is 6.15. The Balaban J connectivity index is 1.74. The number of anilines is 1. The highest BCUT2D eigenvalue weighted by Crippen LogP contribution is 2.31. The van der Waals surface area contributed by atoms with Crippen molar-refractivity contribution in [3.63, 3.8) is 0 Å². The molecular formula is C25H32N2O3. The number of para-hydroxylation sites is 1. The van der Waals surface area contributed by atoms with Gasteiger partial charge in [-0.05, 0) is 43.9 Å². The summed E-state index contributed by atoms with van der Waals surface area (Å²) in [7, 11) is 1.43. The zero-order valence-corrected chi connectivity index (χ0v) is 18.2. The molecule has 1 heterocycles. The van der Waals surface area contributed by atoms with E-state index in [1.165, 1.54) is 12.7 Å². The SMILES string of the molecule is CCC(=O)c1ccccc1NC1(C(=O)OC)CCN(C(C)Cc2ccccc2)CC1. The van der Waals surface area contributed by atoms with Crippen LogP contribution in [0.1, 0.15) is 49.0 Å². The summed E-state index contributed by atoms with van der Waals surface area (Å²) >= 11 is 0. The third-order valence-electron chi connectivity index (χ3n) is 6.15. The first-order chi connectivity index (χ1) is 14.5. The Morgan fingerprint density at radius 1 is 1.07 bits per heavy atom. The summed E-state index contributed by atoms with van der Waals surface area (Å²) in [6.45, 7) is 5.67. The van der Waals surface area contributed by atoms with Crippen molar-refractivity contribution in [1.82, 2.24) is 4.90 Å². The molecule has 1 unspecified atom stereocenters. The lowest BCUT2D eigenvalue weighted by atomic mass is 9.85. The number of piperidine rings is 1. The molecule has 0 saturated carbocycles. The molecule has 5 heteroatoms. The van der Waals surface area contributed by atoms with Crippen molar-refractivity contribution < 1.29 is 14.3 Å². The van der Waals surface area contributed by atoms with Crippen molar-refractivity contribution in [3.05, 3.63) is 65.7 Å². The van der Waals surface area contributed by atoms with E-state index in [9.17, 15) is 9.59 Å². The highest BCUT2D eigenvalue weighted by atomic mass is 16.5.